The Morgan fingerprint density at radius 3 is 2.57 bits per heavy atom. The summed E-state index contributed by atoms with van der Waals surface area (Å²) in [7, 11) is 0. The lowest BCUT2D eigenvalue weighted by Crippen LogP contribution is -2.64. The molecule has 0 aliphatic carbocycles. The van der Waals surface area contributed by atoms with Crippen molar-refractivity contribution in [3.63, 3.8) is 0 Å². The third-order valence-electron chi connectivity index (χ3n) is 6.65. The van der Waals surface area contributed by atoms with Gasteiger partial charge in [0.2, 0.25) is 17.7 Å². The highest BCUT2D eigenvalue weighted by Crippen LogP contribution is 2.43. The number of likely N-dealkylation sites (tertiary alicyclic amines) is 1. The number of nitrogens with one attached hydrogen (secondary N) is 1. The minimum atomic E-state index is -0.818. The fourth-order valence-corrected chi connectivity index (χ4v) is 4.85. The fourth-order valence-electron chi connectivity index (χ4n) is 4.85. The summed E-state index contributed by atoms with van der Waals surface area (Å²) in [5.74, 6) is 0.00563. The molecule has 1 N–H and O–H groups in total. The number of nitrogens with zero attached hydrogens (tertiary/aromatic N) is 3. The second-order valence-electron chi connectivity index (χ2n) is 8.62. The van der Waals surface area contributed by atoms with Gasteiger partial charge in [0.1, 0.15) is 12.2 Å². The highest BCUT2D eigenvalue weighted by Gasteiger charge is 2.53. The molecule has 2 fully saturated rings. The van der Waals surface area contributed by atoms with Gasteiger partial charge in [-0.1, -0.05) is 12.1 Å². The van der Waals surface area contributed by atoms with Gasteiger partial charge in [-0.05, 0) is 44.2 Å². The van der Waals surface area contributed by atoms with E-state index in [1.165, 1.54) is 6.92 Å². The number of rotatable bonds is 4. The summed E-state index contributed by atoms with van der Waals surface area (Å²) in [6, 6.07) is 7.12. The van der Waals surface area contributed by atoms with E-state index in [9.17, 15) is 19.2 Å². The zero-order valence-electron chi connectivity index (χ0n) is 17.5. The van der Waals surface area contributed by atoms with Crippen LogP contribution in [0, 0.1) is 5.92 Å². The summed E-state index contributed by atoms with van der Waals surface area (Å²) >= 11 is 0. The molecular weight excluding hydrogens is 384 g/mol. The standard InChI is InChI=1S/C22H28N4O4/c1-15(27)23-13-16-8-11-24(12-9-16)20(29)14-25-21(30)17-5-3-4-6-18(17)26-19(28)7-10-22(25,26)2/h3-6,16H,7-14H2,1-2H3,(H,23,27). The number of fused-ring (bicyclic) bond motifs is 3. The second kappa shape index (κ2) is 7.74. The van der Waals surface area contributed by atoms with Crippen LogP contribution in [-0.2, 0) is 14.4 Å². The molecule has 8 nitrogen and oxygen atoms in total. The molecular formula is C22H28N4O4. The Kier molecular flexibility index (Phi) is 5.26. The molecule has 1 unspecified atom stereocenters. The molecule has 2 saturated heterocycles. The van der Waals surface area contributed by atoms with Gasteiger partial charge in [-0.25, -0.2) is 0 Å². The lowest BCUT2D eigenvalue weighted by molar-refractivity contribution is -0.135. The molecule has 0 saturated carbocycles. The minimum absolute atomic E-state index is 0.0197. The van der Waals surface area contributed by atoms with E-state index < -0.39 is 5.66 Å². The van der Waals surface area contributed by atoms with E-state index in [0.717, 1.165) is 12.8 Å². The first-order valence-electron chi connectivity index (χ1n) is 10.6. The van der Waals surface area contributed by atoms with Gasteiger partial charge in [0.05, 0.1) is 11.3 Å². The average molecular weight is 412 g/mol. The van der Waals surface area contributed by atoms with Crippen LogP contribution in [0.4, 0.5) is 5.69 Å². The lowest BCUT2D eigenvalue weighted by Gasteiger charge is -2.48. The number of para-hydroxylation sites is 1. The van der Waals surface area contributed by atoms with Crippen molar-refractivity contribution in [2.45, 2.75) is 45.2 Å². The van der Waals surface area contributed by atoms with Crippen molar-refractivity contribution in [1.82, 2.24) is 15.1 Å². The summed E-state index contributed by atoms with van der Waals surface area (Å²) < 4.78 is 0. The Balaban J connectivity index is 1.48. The SMILES string of the molecule is CC(=O)NCC1CCN(C(=O)CN2C(=O)c3ccccc3N3C(=O)CCC23C)CC1. The molecule has 4 amide bonds. The van der Waals surface area contributed by atoms with Gasteiger partial charge in [-0.2, -0.15) is 0 Å². The number of anilines is 1. The van der Waals surface area contributed by atoms with Gasteiger partial charge in [-0.15, -0.1) is 0 Å². The molecule has 0 spiro atoms. The van der Waals surface area contributed by atoms with Crippen LogP contribution >= 0.6 is 0 Å². The van der Waals surface area contributed by atoms with E-state index in [2.05, 4.69) is 5.32 Å². The van der Waals surface area contributed by atoms with Crippen LogP contribution < -0.4 is 10.2 Å². The maximum absolute atomic E-state index is 13.3. The van der Waals surface area contributed by atoms with E-state index in [0.29, 0.717) is 49.6 Å². The van der Waals surface area contributed by atoms with Crippen molar-refractivity contribution in [2.75, 3.05) is 31.1 Å². The smallest absolute Gasteiger partial charge is 0.258 e. The molecule has 160 valence electrons. The third kappa shape index (κ3) is 3.44. The Hall–Kier alpha value is -2.90. The van der Waals surface area contributed by atoms with Gasteiger partial charge in [0, 0.05) is 33.0 Å². The second-order valence-corrected chi connectivity index (χ2v) is 8.62. The van der Waals surface area contributed by atoms with Crippen LogP contribution in [0.5, 0.6) is 0 Å². The molecule has 3 aliphatic rings. The van der Waals surface area contributed by atoms with E-state index in [-0.39, 0.29) is 30.2 Å². The average Bonchev–Trinajstić information content (AvgIpc) is 3.05. The number of hydrogen-bond donors (Lipinski definition) is 1. The number of amides is 4. The van der Waals surface area contributed by atoms with Gasteiger partial charge in [0.15, 0.2) is 0 Å². The summed E-state index contributed by atoms with van der Waals surface area (Å²) in [6.07, 6.45) is 2.52. The van der Waals surface area contributed by atoms with E-state index >= 15 is 0 Å². The molecule has 3 heterocycles. The van der Waals surface area contributed by atoms with Crippen LogP contribution in [0.2, 0.25) is 0 Å². The van der Waals surface area contributed by atoms with Crippen LogP contribution in [0.1, 0.15) is 49.9 Å². The Bertz CT molecular complexity index is 893. The quantitative estimate of drug-likeness (QED) is 0.809. The van der Waals surface area contributed by atoms with Gasteiger partial charge in [-0.3, -0.25) is 24.1 Å². The normalized spacial score (nSPS) is 24.0. The first kappa shape index (κ1) is 20.4. The molecule has 3 aliphatic heterocycles. The predicted molar refractivity (Wildman–Crippen MR) is 111 cm³/mol. The molecule has 1 aromatic carbocycles. The first-order chi connectivity index (χ1) is 14.3. The number of hydrogen-bond acceptors (Lipinski definition) is 4. The molecule has 0 radical (unpaired) electrons. The maximum Gasteiger partial charge on any atom is 0.258 e. The van der Waals surface area contributed by atoms with E-state index in [1.807, 2.05) is 13.0 Å². The monoisotopic (exact) mass is 412 g/mol. The molecule has 30 heavy (non-hydrogen) atoms. The zero-order chi connectivity index (χ0) is 21.5. The van der Waals surface area contributed by atoms with E-state index in [1.54, 1.807) is 32.9 Å². The molecule has 4 rings (SSSR count). The van der Waals surface area contributed by atoms with Crippen molar-refractivity contribution in [2.24, 2.45) is 5.92 Å². The predicted octanol–water partition coefficient (Wildman–Crippen LogP) is 1.36. The summed E-state index contributed by atoms with van der Waals surface area (Å²) in [5, 5.41) is 2.84. The Morgan fingerprint density at radius 2 is 1.87 bits per heavy atom. The van der Waals surface area contributed by atoms with Crippen molar-refractivity contribution in [1.29, 1.82) is 0 Å². The summed E-state index contributed by atoms with van der Waals surface area (Å²) in [5.41, 5.74) is 0.282. The topological polar surface area (TPSA) is 90.0 Å². The number of piperidine rings is 1. The van der Waals surface area contributed by atoms with Crippen molar-refractivity contribution in [3.05, 3.63) is 29.8 Å². The van der Waals surface area contributed by atoms with Crippen molar-refractivity contribution in [3.8, 4) is 0 Å². The minimum Gasteiger partial charge on any atom is -0.356 e. The molecule has 8 heteroatoms. The Labute approximate surface area is 176 Å². The highest BCUT2D eigenvalue weighted by molar-refractivity contribution is 6.11. The van der Waals surface area contributed by atoms with Gasteiger partial charge in [0.25, 0.3) is 5.91 Å². The highest BCUT2D eigenvalue weighted by atomic mass is 16.2. The van der Waals surface area contributed by atoms with E-state index in [4.69, 9.17) is 0 Å². The van der Waals surface area contributed by atoms with Crippen LogP contribution in [0.25, 0.3) is 0 Å². The number of benzene rings is 1. The number of carbonyl (C=O) groups excluding carboxylic acids is 4. The van der Waals surface area contributed by atoms with Crippen molar-refractivity contribution < 1.29 is 19.2 Å². The summed E-state index contributed by atoms with van der Waals surface area (Å²) in [6.45, 7) is 5.20. The van der Waals surface area contributed by atoms with Gasteiger partial charge >= 0.3 is 0 Å². The molecule has 1 atom stereocenters. The van der Waals surface area contributed by atoms with Crippen LogP contribution in [-0.4, -0.2) is 65.3 Å². The molecule has 0 bridgehead atoms. The summed E-state index contributed by atoms with van der Waals surface area (Å²) in [4.78, 5) is 55.1. The van der Waals surface area contributed by atoms with Crippen molar-refractivity contribution >= 4 is 29.3 Å². The third-order valence-corrected chi connectivity index (χ3v) is 6.65. The van der Waals surface area contributed by atoms with Gasteiger partial charge < -0.3 is 15.1 Å². The van der Waals surface area contributed by atoms with Crippen LogP contribution in [0.15, 0.2) is 24.3 Å². The zero-order valence-corrected chi connectivity index (χ0v) is 17.5. The fraction of sp³-hybridized carbons (Fsp3) is 0.545. The molecule has 0 aromatic heterocycles. The number of carbonyl (C=O) groups is 4. The first-order valence-corrected chi connectivity index (χ1v) is 10.6. The lowest BCUT2D eigenvalue weighted by atomic mass is 9.96. The Morgan fingerprint density at radius 1 is 1.17 bits per heavy atom. The molecule has 1 aromatic rings. The maximum atomic E-state index is 13.3. The van der Waals surface area contributed by atoms with Crippen LogP contribution in [0.3, 0.4) is 0 Å². The largest absolute Gasteiger partial charge is 0.356 e.